The highest BCUT2D eigenvalue weighted by molar-refractivity contribution is 6.31. The number of hydrogen-bond donors (Lipinski definition) is 0. The van der Waals surface area contributed by atoms with E-state index in [0.717, 1.165) is 29.6 Å². The smallest absolute Gasteiger partial charge is 0.0529 e. The monoisotopic (exact) mass is 370 g/mol. The molecule has 0 amide bonds. The van der Waals surface area contributed by atoms with Gasteiger partial charge in [0.05, 0.1) is 5.52 Å². The molecule has 0 atom stereocenters. The van der Waals surface area contributed by atoms with Gasteiger partial charge in [-0.25, -0.2) is 0 Å². The Hall–Kier alpha value is -1.74. The first-order valence-electron chi connectivity index (χ1n) is 8.47. The standard InChI is InChI=1S/C21H20Cl2N2/c1-14(15-3-5-16(22)6-4-15)12-25-20-8-7-17(23)11-19(20)18-9-10-24(2)13-21(18)25/h3-8,11-12H,9-10,13H2,1-2H3. The van der Waals surface area contributed by atoms with Gasteiger partial charge in [-0.3, -0.25) is 0 Å². The zero-order valence-corrected chi connectivity index (χ0v) is 15.9. The number of allylic oxidation sites excluding steroid dienone is 1. The molecule has 4 heteroatoms. The maximum atomic E-state index is 6.27. The van der Waals surface area contributed by atoms with Crippen molar-refractivity contribution in [2.45, 2.75) is 19.9 Å². The second kappa shape index (κ2) is 6.53. The van der Waals surface area contributed by atoms with Gasteiger partial charge < -0.3 is 9.47 Å². The summed E-state index contributed by atoms with van der Waals surface area (Å²) in [5, 5.41) is 2.83. The summed E-state index contributed by atoms with van der Waals surface area (Å²) in [4.78, 5) is 2.37. The van der Waals surface area contributed by atoms with Gasteiger partial charge in [0.15, 0.2) is 0 Å². The first kappa shape index (κ1) is 16.7. The SMILES string of the molecule is CC(=Cn1c2c(c3cc(Cl)ccc31)CCN(C)C2)c1ccc(Cl)cc1. The number of aromatic nitrogens is 1. The molecule has 2 heterocycles. The normalized spacial score (nSPS) is 15.6. The highest BCUT2D eigenvalue weighted by Gasteiger charge is 2.22. The molecule has 2 aromatic carbocycles. The van der Waals surface area contributed by atoms with E-state index < -0.39 is 0 Å². The van der Waals surface area contributed by atoms with Crippen LogP contribution >= 0.6 is 23.2 Å². The van der Waals surface area contributed by atoms with Crippen LogP contribution in [0.2, 0.25) is 10.0 Å². The summed E-state index contributed by atoms with van der Waals surface area (Å²) in [6.07, 6.45) is 3.29. The van der Waals surface area contributed by atoms with E-state index in [1.165, 1.54) is 33.3 Å². The summed E-state index contributed by atoms with van der Waals surface area (Å²) in [6, 6.07) is 14.2. The Kier molecular flexibility index (Phi) is 4.36. The van der Waals surface area contributed by atoms with Gasteiger partial charge in [-0.1, -0.05) is 35.3 Å². The van der Waals surface area contributed by atoms with E-state index in [-0.39, 0.29) is 0 Å². The van der Waals surface area contributed by atoms with Crippen LogP contribution in [0, 0.1) is 0 Å². The molecular weight excluding hydrogens is 351 g/mol. The third kappa shape index (κ3) is 3.10. The first-order chi connectivity index (χ1) is 12.0. The summed E-state index contributed by atoms with van der Waals surface area (Å²) in [6.45, 7) is 4.18. The summed E-state index contributed by atoms with van der Waals surface area (Å²) in [5.41, 5.74) is 6.39. The highest BCUT2D eigenvalue weighted by Crippen LogP contribution is 2.33. The van der Waals surface area contributed by atoms with Crippen molar-refractivity contribution >= 4 is 45.9 Å². The Balaban J connectivity index is 1.90. The molecule has 0 spiro atoms. The Morgan fingerprint density at radius 3 is 2.52 bits per heavy atom. The third-order valence-electron chi connectivity index (χ3n) is 4.97. The molecule has 0 saturated heterocycles. The Bertz CT molecular complexity index is 968. The van der Waals surface area contributed by atoms with Crippen LogP contribution < -0.4 is 0 Å². The van der Waals surface area contributed by atoms with Crippen molar-refractivity contribution in [3.63, 3.8) is 0 Å². The topological polar surface area (TPSA) is 8.17 Å². The van der Waals surface area contributed by atoms with Crippen molar-refractivity contribution in [2.24, 2.45) is 0 Å². The van der Waals surface area contributed by atoms with Gasteiger partial charge in [0, 0.05) is 40.4 Å². The van der Waals surface area contributed by atoms with Gasteiger partial charge in [0.2, 0.25) is 0 Å². The molecule has 0 aliphatic carbocycles. The van der Waals surface area contributed by atoms with Crippen LogP contribution in [0.5, 0.6) is 0 Å². The van der Waals surface area contributed by atoms with Crippen LogP contribution in [0.4, 0.5) is 0 Å². The molecule has 128 valence electrons. The zero-order chi connectivity index (χ0) is 17.6. The second-order valence-electron chi connectivity index (χ2n) is 6.76. The quantitative estimate of drug-likeness (QED) is 0.540. The number of nitrogens with zero attached hydrogens (tertiary/aromatic N) is 2. The lowest BCUT2D eigenvalue weighted by Crippen LogP contribution is -2.27. The van der Waals surface area contributed by atoms with Gasteiger partial charge >= 0.3 is 0 Å². The lowest BCUT2D eigenvalue weighted by atomic mass is 10.0. The van der Waals surface area contributed by atoms with Crippen LogP contribution in [-0.4, -0.2) is 23.1 Å². The number of rotatable bonds is 2. The minimum Gasteiger partial charge on any atom is -0.318 e. The van der Waals surface area contributed by atoms with Crippen LogP contribution in [-0.2, 0) is 13.0 Å². The number of fused-ring (bicyclic) bond motifs is 3. The highest BCUT2D eigenvalue weighted by atomic mass is 35.5. The predicted molar refractivity (Wildman–Crippen MR) is 108 cm³/mol. The minimum atomic E-state index is 0.761. The first-order valence-corrected chi connectivity index (χ1v) is 9.22. The molecule has 0 fully saturated rings. The summed E-state index contributed by atoms with van der Waals surface area (Å²) in [5.74, 6) is 0. The van der Waals surface area contributed by atoms with E-state index in [1.807, 2.05) is 18.2 Å². The van der Waals surface area contributed by atoms with Crippen LogP contribution in [0.25, 0.3) is 22.7 Å². The number of hydrogen-bond acceptors (Lipinski definition) is 1. The van der Waals surface area contributed by atoms with Crippen molar-refractivity contribution in [1.29, 1.82) is 0 Å². The molecule has 0 bridgehead atoms. The molecule has 4 rings (SSSR count). The fourth-order valence-electron chi connectivity index (χ4n) is 3.62. The van der Waals surface area contributed by atoms with Gasteiger partial charge in [-0.2, -0.15) is 0 Å². The minimum absolute atomic E-state index is 0.761. The number of likely N-dealkylation sites (N-methyl/N-ethyl adjacent to an activating group) is 1. The molecule has 1 aliphatic heterocycles. The molecule has 3 aromatic rings. The van der Waals surface area contributed by atoms with E-state index in [4.69, 9.17) is 23.2 Å². The molecule has 0 N–H and O–H groups in total. The zero-order valence-electron chi connectivity index (χ0n) is 14.4. The lowest BCUT2D eigenvalue weighted by Gasteiger charge is -2.24. The Morgan fingerprint density at radius 1 is 1.04 bits per heavy atom. The average Bonchev–Trinajstić information content (AvgIpc) is 2.88. The second-order valence-corrected chi connectivity index (χ2v) is 7.64. The molecule has 0 radical (unpaired) electrons. The summed E-state index contributed by atoms with van der Waals surface area (Å²) < 4.78 is 2.33. The van der Waals surface area contributed by atoms with E-state index in [9.17, 15) is 0 Å². The van der Waals surface area contributed by atoms with Crippen molar-refractivity contribution in [3.8, 4) is 0 Å². The Labute approximate surface area is 158 Å². The third-order valence-corrected chi connectivity index (χ3v) is 5.45. The average molecular weight is 371 g/mol. The van der Waals surface area contributed by atoms with Crippen LogP contribution in [0.1, 0.15) is 23.7 Å². The number of halogens is 2. The van der Waals surface area contributed by atoms with Crippen molar-refractivity contribution in [3.05, 3.63) is 69.3 Å². The molecule has 1 aliphatic rings. The van der Waals surface area contributed by atoms with Gasteiger partial charge in [-0.15, -0.1) is 0 Å². The van der Waals surface area contributed by atoms with Gasteiger partial charge in [-0.05, 0) is 67.4 Å². The van der Waals surface area contributed by atoms with E-state index in [0.29, 0.717) is 0 Å². The maximum Gasteiger partial charge on any atom is 0.0529 e. The summed E-state index contributed by atoms with van der Waals surface area (Å²) in [7, 11) is 2.17. The largest absolute Gasteiger partial charge is 0.318 e. The van der Waals surface area contributed by atoms with Gasteiger partial charge in [0.1, 0.15) is 0 Å². The molecule has 0 unspecified atom stereocenters. The number of benzene rings is 2. The van der Waals surface area contributed by atoms with E-state index in [1.54, 1.807) is 0 Å². The van der Waals surface area contributed by atoms with E-state index >= 15 is 0 Å². The maximum absolute atomic E-state index is 6.27. The molecule has 25 heavy (non-hydrogen) atoms. The molecule has 1 aromatic heterocycles. The molecule has 2 nitrogen and oxygen atoms in total. The fraction of sp³-hybridized carbons (Fsp3) is 0.238. The molecule has 0 saturated carbocycles. The predicted octanol–water partition coefficient (Wildman–Crippen LogP) is 5.95. The summed E-state index contributed by atoms with van der Waals surface area (Å²) >= 11 is 12.3. The van der Waals surface area contributed by atoms with E-state index in [2.05, 4.69) is 53.9 Å². The van der Waals surface area contributed by atoms with Gasteiger partial charge in [0.25, 0.3) is 0 Å². The van der Waals surface area contributed by atoms with Crippen molar-refractivity contribution < 1.29 is 0 Å². The lowest BCUT2D eigenvalue weighted by molar-refractivity contribution is 0.308. The Morgan fingerprint density at radius 2 is 1.76 bits per heavy atom. The van der Waals surface area contributed by atoms with Crippen molar-refractivity contribution in [1.82, 2.24) is 9.47 Å². The molecular formula is C21H20Cl2N2. The fourth-order valence-corrected chi connectivity index (χ4v) is 3.92. The van der Waals surface area contributed by atoms with Crippen molar-refractivity contribution in [2.75, 3.05) is 13.6 Å². The van der Waals surface area contributed by atoms with Crippen LogP contribution in [0.3, 0.4) is 0 Å². The van der Waals surface area contributed by atoms with Crippen LogP contribution in [0.15, 0.2) is 42.5 Å².